The maximum absolute atomic E-state index is 11.0. The molecule has 0 spiro atoms. The summed E-state index contributed by atoms with van der Waals surface area (Å²) in [5.41, 5.74) is 2.28. The molecule has 5 nitrogen and oxygen atoms in total. The van der Waals surface area contributed by atoms with Gasteiger partial charge in [-0.1, -0.05) is 6.07 Å². The van der Waals surface area contributed by atoms with Gasteiger partial charge in [-0.3, -0.25) is 4.79 Å². The molecule has 20 heavy (non-hydrogen) atoms. The minimum absolute atomic E-state index is 0.186. The van der Waals surface area contributed by atoms with Gasteiger partial charge >= 0.3 is 5.97 Å². The molecule has 0 aromatic carbocycles. The van der Waals surface area contributed by atoms with E-state index in [2.05, 4.69) is 21.1 Å². The van der Waals surface area contributed by atoms with E-state index in [0.717, 1.165) is 29.2 Å². The fourth-order valence-electron chi connectivity index (χ4n) is 1.61. The van der Waals surface area contributed by atoms with Gasteiger partial charge in [0.05, 0.1) is 25.2 Å². The number of hydrogen-bond acceptors (Lipinski definition) is 6. The van der Waals surface area contributed by atoms with Crippen LogP contribution in [-0.2, 0) is 20.8 Å². The van der Waals surface area contributed by atoms with E-state index in [0.29, 0.717) is 18.8 Å². The number of carbonyl (C=O) groups is 1. The van der Waals surface area contributed by atoms with Crippen LogP contribution in [0, 0.1) is 6.92 Å². The number of methoxy groups -OCH3 is 2. The van der Waals surface area contributed by atoms with E-state index in [9.17, 15) is 4.79 Å². The number of aromatic nitrogens is 1. The molecule has 0 bridgehead atoms. The number of carbonyl (C=O) groups excluding carboxylic acids is 1. The summed E-state index contributed by atoms with van der Waals surface area (Å²) >= 11 is 1.58. The van der Waals surface area contributed by atoms with E-state index in [4.69, 9.17) is 4.74 Å². The third-order valence-corrected chi connectivity index (χ3v) is 3.78. The molecule has 0 saturated carbocycles. The monoisotopic (exact) mass is 298 g/mol. The van der Waals surface area contributed by atoms with E-state index < -0.39 is 0 Å². The summed E-state index contributed by atoms with van der Waals surface area (Å²) in [6.07, 6.45) is 2.27. The third kappa shape index (κ3) is 6.36. The Morgan fingerprint density at radius 2 is 2.25 bits per heavy atom. The molecular weight excluding hydrogens is 276 g/mol. The molecule has 0 radical (unpaired) electrons. The van der Waals surface area contributed by atoms with Gasteiger partial charge in [0.1, 0.15) is 0 Å². The number of nitrogens with one attached hydrogen (secondary N) is 1. The zero-order valence-electron chi connectivity index (χ0n) is 12.3. The van der Waals surface area contributed by atoms with E-state index in [1.54, 1.807) is 18.9 Å². The first-order chi connectivity index (χ1) is 9.67. The van der Waals surface area contributed by atoms with Crippen LogP contribution >= 0.6 is 11.8 Å². The van der Waals surface area contributed by atoms with Gasteiger partial charge in [0.15, 0.2) is 0 Å². The Kier molecular flexibility index (Phi) is 8.25. The Hall–Kier alpha value is -1.11. The molecule has 1 rings (SSSR count). The van der Waals surface area contributed by atoms with Crippen LogP contribution in [0.5, 0.6) is 0 Å². The molecule has 0 aliphatic rings. The van der Waals surface area contributed by atoms with Gasteiger partial charge in [-0.15, -0.1) is 11.8 Å². The lowest BCUT2D eigenvalue weighted by molar-refractivity contribution is -0.140. The summed E-state index contributed by atoms with van der Waals surface area (Å²) in [7, 11) is 3.09. The number of aryl methyl sites for hydroxylation is 1. The first-order valence-electron chi connectivity index (χ1n) is 6.52. The Bertz CT molecular complexity index is 427. The maximum atomic E-state index is 11.0. The van der Waals surface area contributed by atoms with Gasteiger partial charge < -0.3 is 14.8 Å². The Balaban J connectivity index is 2.40. The van der Waals surface area contributed by atoms with E-state index in [-0.39, 0.29) is 5.97 Å². The summed E-state index contributed by atoms with van der Waals surface area (Å²) in [4.78, 5) is 15.5. The first-order valence-corrected chi connectivity index (χ1v) is 7.50. The fraction of sp³-hybridized carbons (Fsp3) is 0.571. The molecular formula is C14H22N2O3S. The molecule has 112 valence electrons. The zero-order chi connectivity index (χ0) is 14.8. The Morgan fingerprint density at radius 3 is 2.90 bits per heavy atom. The predicted octanol–water partition coefficient (Wildman–Crippen LogP) is 1.78. The van der Waals surface area contributed by atoms with Crippen molar-refractivity contribution in [3.05, 3.63) is 23.4 Å². The van der Waals surface area contributed by atoms with Crippen molar-refractivity contribution in [1.29, 1.82) is 0 Å². The van der Waals surface area contributed by atoms with Crippen molar-refractivity contribution in [3.8, 4) is 0 Å². The van der Waals surface area contributed by atoms with E-state index in [1.807, 2.05) is 13.1 Å². The molecule has 1 N–H and O–H groups in total. The molecule has 1 heterocycles. The first kappa shape index (κ1) is 16.9. The molecule has 0 unspecified atom stereocenters. The molecule has 0 aliphatic heterocycles. The molecule has 0 amide bonds. The number of thioether (sulfide) groups is 1. The van der Waals surface area contributed by atoms with Crippen LogP contribution in [0.3, 0.4) is 0 Å². The predicted molar refractivity (Wildman–Crippen MR) is 79.9 cm³/mol. The summed E-state index contributed by atoms with van der Waals surface area (Å²) in [6, 6.07) is 2.12. The van der Waals surface area contributed by atoms with Gasteiger partial charge in [0.25, 0.3) is 0 Å². The van der Waals surface area contributed by atoms with Gasteiger partial charge in [-0.25, -0.2) is 4.98 Å². The van der Waals surface area contributed by atoms with Crippen LogP contribution < -0.4 is 5.32 Å². The van der Waals surface area contributed by atoms with Crippen LogP contribution in [-0.4, -0.2) is 44.1 Å². The van der Waals surface area contributed by atoms with Crippen LogP contribution in [0.4, 0.5) is 0 Å². The largest absolute Gasteiger partial charge is 0.469 e. The minimum atomic E-state index is -0.186. The molecule has 1 aromatic heterocycles. The molecule has 0 atom stereocenters. The number of hydrogen-bond donors (Lipinski definition) is 1. The second kappa shape index (κ2) is 9.74. The normalized spacial score (nSPS) is 10.6. The SMILES string of the molecule is COCCNCc1cnc(SCCC(=O)OC)c(C)c1. The van der Waals surface area contributed by atoms with Crippen LogP contribution in [0.15, 0.2) is 17.3 Å². The number of rotatable bonds is 9. The molecule has 0 fully saturated rings. The van der Waals surface area contributed by atoms with Gasteiger partial charge in [-0.2, -0.15) is 0 Å². The highest BCUT2D eigenvalue weighted by atomic mass is 32.2. The maximum Gasteiger partial charge on any atom is 0.306 e. The average Bonchev–Trinajstić information content (AvgIpc) is 2.45. The Labute approximate surface area is 124 Å². The van der Waals surface area contributed by atoms with Crippen LogP contribution in [0.2, 0.25) is 0 Å². The number of ether oxygens (including phenoxy) is 2. The molecule has 0 saturated heterocycles. The number of nitrogens with zero attached hydrogens (tertiary/aromatic N) is 1. The average molecular weight is 298 g/mol. The fourth-order valence-corrected chi connectivity index (χ4v) is 2.48. The zero-order valence-corrected chi connectivity index (χ0v) is 13.1. The molecule has 0 aliphatic carbocycles. The Morgan fingerprint density at radius 1 is 1.45 bits per heavy atom. The van der Waals surface area contributed by atoms with Crippen molar-refractivity contribution < 1.29 is 14.3 Å². The van der Waals surface area contributed by atoms with Crippen molar-refractivity contribution in [2.24, 2.45) is 0 Å². The molecule has 6 heteroatoms. The second-order valence-corrected chi connectivity index (χ2v) is 5.39. The summed E-state index contributed by atoms with van der Waals surface area (Å²) in [5, 5.41) is 4.25. The van der Waals surface area contributed by atoms with Crippen molar-refractivity contribution in [3.63, 3.8) is 0 Å². The van der Waals surface area contributed by atoms with Crippen LogP contribution in [0.25, 0.3) is 0 Å². The van der Waals surface area contributed by atoms with Crippen molar-refractivity contribution in [2.75, 3.05) is 33.1 Å². The van der Waals surface area contributed by atoms with Crippen LogP contribution in [0.1, 0.15) is 17.5 Å². The highest BCUT2D eigenvalue weighted by Crippen LogP contribution is 2.21. The number of esters is 1. The topological polar surface area (TPSA) is 60.5 Å². The summed E-state index contributed by atoms with van der Waals surface area (Å²) < 4.78 is 9.59. The molecule has 1 aromatic rings. The minimum Gasteiger partial charge on any atom is -0.469 e. The van der Waals surface area contributed by atoms with Crippen molar-refractivity contribution >= 4 is 17.7 Å². The lowest BCUT2D eigenvalue weighted by Crippen LogP contribution is -2.18. The van der Waals surface area contributed by atoms with Gasteiger partial charge in [0.2, 0.25) is 0 Å². The quantitative estimate of drug-likeness (QED) is 0.426. The standard InChI is InChI=1S/C14H22N2O3S/c1-11-8-12(9-15-5-6-18-2)10-16-14(11)20-7-4-13(17)19-3/h8,10,15H,4-7,9H2,1-3H3. The van der Waals surface area contributed by atoms with Gasteiger partial charge in [-0.05, 0) is 18.1 Å². The lowest BCUT2D eigenvalue weighted by atomic mass is 10.2. The lowest BCUT2D eigenvalue weighted by Gasteiger charge is -2.08. The number of pyridine rings is 1. The van der Waals surface area contributed by atoms with Gasteiger partial charge in [0, 0.05) is 32.1 Å². The van der Waals surface area contributed by atoms with Crippen molar-refractivity contribution in [2.45, 2.75) is 24.9 Å². The smallest absolute Gasteiger partial charge is 0.306 e. The summed E-state index contributed by atoms with van der Waals surface area (Å²) in [5.74, 6) is 0.500. The second-order valence-electron chi connectivity index (χ2n) is 4.31. The summed E-state index contributed by atoms with van der Waals surface area (Å²) in [6.45, 7) is 4.34. The van der Waals surface area contributed by atoms with Crippen molar-refractivity contribution in [1.82, 2.24) is 10.3 Å². The highest BCUT2D eigenvalue weighted by molar-refractivity contribution is 7.99. The van der Waals surface area contributed by atoms with E-state index >= 15 is 0 Å². The highest BCUT2D eigenvalue weighted by Gasteiger charge is 2.05. The van der Waals surface area contributed by atoms with E-state index in [1.165, 1.54) is 7.11 Å². The third-order valence-electron chi connectivity index (χ3n) is 2.67.